The molecule has 33 heavy (non-hydrogen) atoms. The summed E-state index contributed by atoms with van der Waals surface area (Å²) in [6.07, 6.45) is -2.11. The highest BCUT2D eigenvalue weighted by Gasteiger charge is 2.47. The van der Waals surface area contributed by atoms with E-state index in [9.17, 15) is 5.11 Å². The minimum atomic E-state index is -0.923. The number of hydrogen-bond donors (Lipinski definition) is 1. The van der Waals surface area contributed by atoms with Crippen LogP contribution in [0.15, 0.2) is 91.0 Å². The van der Waals surface area contributed by atoms with E-state index in [4.69, 9.17) is 18.9 Å². The van der Waals surface area contributed by atoms with E-state index in [0.717, 1.165) is 16.7 Å². The summed E-state index contributed by atoms with van der Waals surface area (Å²) in [5, 5.41) is 10.5. The van der Waals surface area contributed by atoms with Gasteiger partial charge in [0.1, 0.15) is 18.3 Å². The number of rotatable bonds is 11. The summed E-state index contributed by atoms with van der Waals surface area (Å²) in [6, 6.07) is 30.0. The number of hydrogen-bond acceptors (Lipinski definition) is 5. The molecule has 1 N–H and O–H groups in total. The third kappa shape index (κ3) is 7.09. The van der Waals surface area contributed by atoms with Crippen molar-refractivity contribution < 1.29 is 24.1 Å². The van der Waals surface area contributed by atoms with Gasteiger partial charge in [-0.05, 0) is 16.7 Å². The lowest BCUT2D eigenvalue weighted by atomic mass is 10.1. The molecule has 1 heterocycles. The number of aliphatic hydroxyl groups is 1. The SMILES string of the molecule is O[C@@H]1OC(C(COCc2ccccc2)OCc2ccccc2)[C@H](OCc2ccccc2)[C@@H]1I. The summed E-state index contributed by atoms with van der Waals surface area (Å²) < 4.78 is 24.3. The molecular formula is C27H29IO5. The molecule has 4 rings (SSSR count). The Kier molecular flexibility index (Phi) is 9.28. The maximum atomic E-state index is 10.5. The second kappa shape index (κ2) is 12.6. The molecule has 3 aromatic rings. The van der Waals surface area contributed by atoms with Crippen LogP contribution in [0.3, 0.4) is 0 Å². The number of halogens is 1. The van der Waals surface area contributed by atoms with Crippen LogP contribution in [-0.2, 0) is 38.8 Å². The standard InChI is InChI=1S/C27H29IO5/c28-24-26(32-18-22-14-8-3-9-15-22)25(33-27(24)29)23(31-17-21-12-6-2-7-13-21)19-30-16-20-10-4-1-5-11-20/h1-15,23-27,29H,16-19H2/t23?,24-,25?,26+,27+/m0/s1. The van der Waals surface area contributed by atoms with E-state index in [2.05, 4.69) is 22.6 Å². The Hall–Kier alpha value is -1.81. The average Bonchev–Trinajstić information content (AvgIpc) is 3.15. The number of ether oxygens (including phenoxy) is 4. The minimum absolute atomic E-state index is 0.215. The number of benzene rings is 3. The van der Waals surface area contributed by atoms with Gasteiger partial charge >= 0.3 is 0 Å². The van der Waals surface area contributed by atoms with Gasteiger partial charge in [0.05, 0.1) is 30.4 Å². The van der Waals surface area contributed by atoms with Crippen molar-refractivity contribution in [2.24, 2.45) is 0 Å². The molecule has 5 nitrogen and oxygen atoms in total. The third-order valence-electron chi connectivity index (χ3n) is 5.56. The molecule has 1 saturated heterocycles. The molecule has 2 unspecified atom stereocenters. The monoisotopic (exact) mass is 560 g/mol. The van der Waals surface area contributed by atoms with Crippen molar-refractivity contribution in [3.8, 4) is 0 Å². The van der Waals surface area contributed by atoms with Gasteiger partial charge in [0.25, 0.3) is 0 Å². The van der Waals surface area contributed by atoms with Crippen LogP contribution in [0.25, 0.3) is 0 Å². The quantitative estimate of drug-likeness (QED) is 0.267. The van der Waals surface area contributed by atoms with Gasteiger partial charge in [-0.1, -0.05) is 114 Å². The van der Waals surface area contributed by atoms with Gasteiger partial charge in [0, 0.05) is 0 Å². The summed E-state index contributed by atoms with van der Waals surface area (Å²) in [6.45, 7) is 1.67. The predicted molar refractivity (Wildman–Crippen MR) is 135 cm³/mol. The van der Waals surface area contributed by atoms with Crippen molar-refractivity contribution in [3.63, 3.8) is 0 Å². The number of alkyl halides is 1. The molecule has 5 atom stereocenters. The van der Waals surface area contributed by atoms with Crippen LogP contribution in [0.1, 0.15) is 16.7 Å². The lowest BCUT2D eigenvalue weighted by Crippen LogP contribution is -2.43. The van der Waals surface area contributed by atoms with E-state index in [1.807, 2.05) is 91.0 Å². The maximum absolute atomic E-state index is 10.5. The molecule has 0 aliphatic carbocycles. The lowest BCUT2D eigenvalue weighted by Gasteiger charge is -2.28. The Morgan fingerprint density at radius 3 is 1.85 bits per heavy atom. The van der Waals surface area contributed by atoms with Gasteiger partial charge in [-0.15, -0.1) is 0 Å². The highest BCUT2D eigenvalue weighted by atomic mass is 127. The smallest absolute Gasteiger partial charge is 0.169 e. The number of aliphatic hydroxyl groups excluding tert-OH is 1. The third-order valence-corrected chi connectivity index (χ3v) is 6.88. The summed E-state index contributed by atoms with van der Waals surface area (Å²) in [4.78, 5) is 0. The first-order chi connectivity index (χ1) is 16.2. The first-order valence-electron chi connectivity index (χ1n) is 11.1. The zero-order valence-corrected chi connectivity index (χ0v) is 20.5. The molecule has 0 saturated carbocycles. The summed E-state index contributed by atoms with van der Waals surface area (Å²) in [7, 11) is 0. The van der Waals surface area contributed by atoms with E-state index in [-0.39, 0.29) is 10.0 Å². The molecule has 6 heteroatoms. The predicted octanol–water partition coefficient (Wildman–Crippen LogP) is 4.89. The van der Waals surface area contributed by atoms with E-state index >= 15 is 0 Å². The van der Waals surface area contributed by atoms with Gasteiger partial charge in [0.15, 0.2) is 6.29 Å². The maximum Gasteiger partial charge on any atom is 0.169 e. The molecule has 1 aliphatic heterocycles. The molecule has 0 aromatic heterocycles. The molecular weight excluding hydrogens is 531 g/mol. The van der Waals surface area contributed by atoms with Crippen molar-refractivity contribution in [2.75, 3.05) is 6.61 Å². The van der Waals surface area contributed by atoms with Crippen molar-refractivity contribution in [2.45, 2.75) is 48.3 Å². The molecule has 1 aliphatic rings. The topological polar surface area (TPSA) is 57.2 Å². The molecule has 0 spiro atoms. The minimum Gasteiger partial charge on any atom is -0.374 e. The largest absolute Gasteiger partial charge is 0.374 e. The van der Waals surface area contributed by atoms with E-state index < -0.39 is 18.5 Å². The fourth-order valence-corrected chi connectivity index (χ4v) is 4.58. The highest BCUT2D eigenvalue weighted by Crippen LogP contribution is 2.33. The van der Waals surface area contributed by atoms with Crippen LogP contribution in [-0.4, -0.2) is 40.2 Å². The zero-order chi connectivity index (χ0) is 22.9. The van der Waals surface area contributed by atoms with Crippen molar-refractivity contribution in [1.82, 2.24) is 0 Å². The van der Waals surface area contributed by atoms with Crippen molar-refractivity contribution >= 4 is 22.6 Å². The van der Waals surface area contributed by atoms with Crippen LogP contribution in [0.5, 0.6) is 0 Å². The summed E-state index contributed by atoms with van der Waals surface area (Å²) >= 11 is 2.20. The Morgan fingerprint density at radius 1 is 0.758 bits per heavy atom. The van der Waals surface area contributed by atoms with E-state index in [1.165, 1.54) is 0 Å². The van der Waals surface area contributed by atoms with Crippen LogP contribution < -0.4 is 0 Å². The van der Waals surface area contributed by atoms with Crippen molar-refractivity contribution in [3.05, 3.63) is 108 Å². The van der Waals surface area contributed by atoms with Crippen LogP contribution in [0.4, 0.5) is 0 Å². The van der Waals surface area contributed by atoms with Gasteiger partial charge in [0.2, 0.25) is 0 Å². The normalized spacial score (nSPS) is 23.5. The van der Waals surface area contributed by atoms with Crippen molar-refractivity contribution in [1.29, 1.82) is 0 Å². The van der Waals surface area contributed by atoms with Gasteiger partial charge in [-0.3, -0.25) is 0 Å². The first-order valence-corrected chi connectivity index (χ1v) is 12.4. The first kappa shape index (κ1) is 24.3. The Labute approximate surface area is 208 Å². The zero-order valence-electron chi connectivity index (χ0n) is 18.3. The molecule has 0 amide bonds. The fraction of sp³-hybridized carbons (Fsp3) is 0.333. The molecule has 0 radical (unpaired) electrons. The van der Waals surface area contributed by atoms with Crippen LogP contribution >= 0.6 is 22.6 Å². The molecule has 174 valence electrons. The second-order valence-electron chi connectivity index (χ2n) is 8.03. The van der Waals surface area contributed by atoms with Crippen LogP contribution in [0.2, 0.25) is 0 Å². The van der Waals surface area contributed by atoms with E-state index in [1.54, 1.807) is 0 Å². The van der Waals surface area contributed by atoms with E-state index in [0.29, 0.717) is 26.4 Å². The Bertz CT molecular complexity index is 941. The molecule has 3 aromatic carbocycles. The average molecular weight is 560 g/mol. The molecule has 0 bridgehead atoms. The summed E-state index contributed by atoms with van der Waals surface area (Å²) in [5.74, 6) is 0. The summed E-state index contributed by atoms with van der Waals surface area (Å²) in [5.41, 5.74) is 3.23. The van der Waals surface area contributed by atoms with Crippen LogP contribution in [0, 0.1) is 0 Å². The lowest BCUT2D eigenvalue weighted by molar-refractivity contribution is -0.166. The second-order valence-corrected chi connectivity index (χ2v) is 9.47. The Balaban J connectivity index is 1.44. The Morgan fingerprint density at radius 2 is 1.27 bits per heavy atom. The fourth-order valence-electron chi connectivity index (χ4n) is 3.79. The van der Waals surface area contributed by atoms with Gasteiger partial charge in [-0.25, -0.2) is 0 Å². The van der Waals surface area contributed by atoms with Gasteiger partial charge < -0.3 is 24.1 Å². The highest BCUT2D eigenvalue weighted by molar-refractivity contribution is 14.1. The van der Waals surface area contributed by atoms with Gasteiger partial charge in [-0.2, -0.15) is 0 Å². The molecule has 1 fully saturated rings.